The van der Waals surface area contributed by atoms with Crippen LogP contribution >= 0.6 is 22.9 Å². The molecule has 2 fully saturated rings. The van der Waals surface area contributed by atoms with E-state index >= 15 is 0 Å². The molecule has 1 aromatic carbocycles. The van der Waals surface area contributed by atoms with Crippen molar-refractivity contribution in [1.29, 1.82) is 0 Å². The predicted molar refractivity (Wildman–Crippen MR) is 132 cm³/mol. The third-order valence-corrected chi connectivity index (χ3v) is 7.02. The predicted octanol–water partition coefficient (Wildman–Crippen LogP) is 2.90. The molecule has 2 aliphatic heterocycles. The topological polar surface area (TPSA) is 80.8 Å². The molecule has 10 heteroatoms. The number of halogens is 1. The number of amides is 2. The minimum atomic E-state index is -0.0731. The summed E-state index contributed by atoms with van der Waals surface area (Å²) in [5.41, 5.74) is 1.27. The molecule has 0 atom stereocenters. The molecule has 178 valence electrons. The third-order valence-electron chi connectivity index (χ3n) is 6.02. The van der Waals surface area contributed by atoms with Gasteiger partial charge in [0.25, 0.3) is 5.91 Å². The highest BCUT2D eigenvalue weighted by Crippen LogP contribution is 2.24. The Hall–Kier alpha value is -2.20. The van der Waals surface area contributed by atoms with Crippen molar-refractivity contribution in [2.45, 2.75) is 19.3 Å². The molecule has 2 aliphatic rings. The van der Waals surface area contributed by atoms with Gasteiger partial charge in [0.15, 0.2) is 5.13 Å². The van der Waals surface area contributed by atoms with Crippen LogP contribution in [0.1, 0.15) is 29.8 Å². The number of piperidine rings is 1. The average Bonchev–Trinajstić information content (AvgIpc) is 3.28. The fraction of sp³-hybridized carbons (Fsp3) is 0.522. The highest BCUT2D eigenvalue weighted by atomic mass is 35.5. The molecule has 8 nitrogen and oxygen atoms in total. The smallest absolute Gasteiger partial charge is 0.273 e. The van der Waals surface area contributed by atoms with Crippen molar-refractivity contribution in [2.75, 3.05) is 64.2 Å². The van der Waals surface area contributed by atoms with Crippen LogP contribution in [-0.2, 0) is 4.79 Å². The molecule has 0 spiro atoms. The van der Waals surface area contributed by atoms with Crippen molar-refractivity contribution in [2.24, 2.45) is 0 Å². The lowest BCUT2D eigenvalue weighted by atomic mass is 10.1. The standard InChI is InChI=1S/C23H31ClN6O2S/c24-18-5-4-6-19(15-18)26-23-27-20(17-33-23)22(32)30-13-11-29(12-14-30)16-21(31)25-7-10-28-8-2-1-3-9-28/h4-6,15,17H,1-3,7-14,16H2,(H,25,31)(H,26,27). The van der Waals surface area contributed by atoms with Gasteiger partial charge in [0, 0.05) is 55.4 Å². The normalized spacial score (nSPS) is 17.7. The number of rotatable bonds is 8. The van der Waals surface area contributed by atoms with Gasteiger partial charge in [-0.1, -0.05) is 24.1 Å². The number of thiazole rings is 1. The fourth-order valence-corrected chi connectivity index (χ4v) is 5.08. The van der Waals surface area contributed by atoms with Gasteiger partial charge in [-0.2, -0.15) is 0 Å². The van der Waals surface area contributed by atoms with Gasteiger partial charge in [-0.15, -0.1) is 11.3 Å². The van der Waals surface area contributed by atoms with Crippen LogP contribution in [0.2, 0.25) is 5.02 Å². The minimum Gasteiger partial charge on any atom is -0.354 e. The third kappa shape index (κ3) is 7.14. The van der Waals surface area contributed by atoms with Crippen molar-refractivity contribution in [3.63, 3.8) is 0 Å². The van der Waals surface area contributed by atoms with E-state index in [2.05, 4.69) is 25.4 Å². The summed E-state index contributed by atoms with van der Waals surface area (Å²) in [6.45, 7) is 6.84. The average molecular weight is 491 g/mol. The van der Waals surface area contributed by atoms with Crippen molar-refractivity contribution in [1.82, 2.24) is 25.0 Å². The van der Waals surface area contributed by atoms with Gasteiger partial charge < -0.3 is 20.4 Å². The van der Waals surface area contributed by atoms with Crippen molar-refractivity contribution >= 4 is 45.6 Å². The summed E-state index contributed by atoms with van der Waals surface area (Å²) < 4.78 is 0. The Kier molecular flexibility index (Phi) is 8.55. The Morgan fingerprint density at radius 1 is 1.03 bits per heavy atom. The number of nitrogens with zero attached hydrogens (tertiary/aromatic N) is 4. The summed E-state index contributed by atoms with van der Waals surface area (Å²) in [6, 6.07) is 7.38. The lowest BCUT2D eigenvalue weighted by Gasteiger charge is -2.34. The number of nitrogens with one attached hydrogen (secondary N) is 2. The molecular weight excluding hydrogens is 460 g/mol. The molecule has 33 heavy (non-hydrogen) atoms. The summed E-state index contributed by atoms with van der Waals surface area (Å²) >= 11 is 7.41. The zero-order valence-electron chi connectivity index (χ0n) is 18.8. The molecule has 0 radical (unpaired) electrons. The number of carbonyl (C=O) groups excluding carboxylic acids is 2. The zero-order valence-corrected chi connectivity index (χ0v) is 20.3. The van der Waals surface area contributed by atoms with Gasteiger partial charge in [-0.25, -0.2) is 4.98 Å². The van der Waals surface area contributed by atoms with Crippen molar-refractivity contribution < 1.29 is 9.59 Å². The molecule has 2 amide bonds. The quantitative estimate of drug-likeness (QED) is 0.592. The van der Waals surface area contributed by atoms with Gasteiger partial charge in [-0.3, -0.25) is 14.5 Å². The number of hydrogen-bond acceptors (Lipinski definition) is 7. The van der Waals surface area contributed by atoms with Crippen LogP contribution in [0.15, 0.2) is 29.6 Å². The fourth-order valence-electron chi connectivity index (χ4n) is 4.19. The van der Waals surface area contributed by atoms with Gasteiger partial charge in [0.05, 0.1) is 6.54 Å². The molecule has 0 unspecified atom stereocenters. The molecular formula is C23H31ClN6O2S. The summed E-state index contributed by atoms with van der Waals surface area (Å²) in [7, 11) is 0. The Morgan fingerprint density at radius 2 is 1.82 bits per heavy atom. The SMILES string of the molecule is O=C(CN1CCN(C(=O)c2csc(Nc3cccc(Cl)c3)n2)CC1)NCCN1CCCCC1. The Morgan fingerprint density at radius 3 is 2.58 bits per heavy atom. The first-order valence-electron chi connectivity index (χ1n) is 11.6. The maximum atomic E-state index is 12.9. The second-order valence-corrected chi connectivity index (χ2v) is 9.79. The van der Waals surface area contributed by atoms with Crippen LogP contribution in [0.5, 0.6) is 0 Å². The maximum Gasteiger partial charge on any atom is 0.273 e. The van der Waals surface area contributed by atoms with Crippen LogP contribution in [0.25, 0.3) is 0 Å². The van der Waals surface area contributed by atoms with E-state index in [9.17, 15) is 9.59 Å². The molecule has 0 bridgehead atoms. The first kappa shape index (κ1) is 23.9. The van der Waals surface area contributed by atoms with Gasteiger partial charge >= 0.3 is 0 Å². The molecule has 2 saturated heterocycles. The number of anilines is 2. The minimum absolute atomic E-state index is 0.0584. The summed E-state index contributed by atoms with van der Waals surface area (Å²) in [5.74, 6) is -0.0148. The number of piperazine rings is 1. The Labute approximate surface area is 203 Å². The lowest BCUT2D eigenvalue weighted by molar-refractivity contribution is -0.122. The largest absolute Gasteiger partial charge is 0.354 e. The molecule has 2 aromatic rings. The van der Waals surface area contributed by atoms with E-state index in [-0.39, 0.29) is 11.8 Å². The van der Waals surface area contributed by atoms with Gasteiger partial charge in [0.2, 0.25) is 5.91 Å². The van der Waals surface area contributed by atoms with Crippen LogP contribution in [0.4, 0.5) is 10.8 Å². The second-order valence-electron chi connectivity index (χ2n) is 8.49. The highest BCUT2D eigenvalue weighted by Gasteiger charge is 2.25. The number of likely N-dealkylation sites (tertiary alicyclic amines) is 1. The molecule has 3 heterocycles. The molecule has 0 aliphatic carbocycles. The van der Waals surface area contributed by atoms with Gasteiger partial charge in [0.1, 0.15) is 5.69 Å². The van der Waals surface area contributed by atoms with E-state index in [1.54, 1.807) is 5.38 Å². The molecule has 1 aromatic heterocycles. The summed E-state index contributed by atoms with van der Waals surface area (Å²) in [6.07, 6.45) is 3.84. The van der Waals surface area contributed by atoms with Crippen LogP contribution < -0.4 is 10.6 Å². The van der Waals surface area contributed by atoms with Crippen LogP contribution in [-0.4, -0.2) is 90.4 Å². The second kappa shape index (κ2) is 11.8. The molecule has 0 saturated carbocycles. The first-order chi connectivity index (χ1) is 16.1. The van der Waals surface area contributed by atoms with Crippen molar-refractivity contribution in [3.05, 3.63) is 40.4 Å². The first-order valence-corrected chi connectivity index (χ1v) is 12.8. The Balaban J connectivity index is 1.17. The van der Waals surface area contributed by atoms with E-state index in [0.29, 0.717) is 55.1 Å². The van der Waals surface area contributed by atoms with E-state index in [0.717, 1.165) is 25.3 Å². The lowest BCUT2D eigenvalue weighted by Crippen LogP contribution is -2.51. The van der Waals surface area contributed by atoms with E-state index in [1.165, 1.54) is 30.6 Å². The Bertz CT molecular complexity index is 941. The summed E-state index contributed by atoms with van der Waals surface area (Å²) in [4.78, 5) is 35.9. The van der Waals surface area contributed by atoms with Crippen LogP contribution in [0.3, 0.4) is 0 Å². The molecule has 2 N–H and O–H groups in total. The van der Waals surface area contributed by atoms with E-state index in [4.69, 9.17) is 11.6 Å². The van der Waals surface area contributed by atoms with E-state index in [1.807, 2.05) is 29.2 Å². The number of benzene rings is 1. The van der Waals surface area contributed by atoms with Crippen LogP contribution in [0, 0.1) is 0 Å². The molecule has 4 rings (SSSR count). The number of aromatic nitrogens is 1. The highest BCUT2D eigenvalue weighted by molar-refractivity contribution is 7.14. The number of carbonyl (C=O) groups is 2. The zero-order chi connectivity index (χ0) is 23.0. The summed E-state index contributed by atoms with van der Waals surface area (Å²) in [5, 5.41) is 9.29. The number of hydrogen-bond donors (Lipinski definition) is 2. The van der Waals surface area contributed by atoms with Gasteiger partial charge in [-0.05, 0) is 44.1 Å². The van der Waals surface area contributed by atoms with Crippen molar-refractivity contribution in [3.8, 4) is 0 Å². The van der Waals surface area contributed by atoms with E-state index < -0.39 is 0 Å². The maximum absolute atomic E-state index is 12.9. The monoisotopic (exact) mass is 490 g/mol.